The predicted molar refractivity (Wildman–Crippen MR) is 161 cm³/mol. The zero-order chi connectivity index (χ0) is 28.1. The molecule has 5 rings (SSSR count). The van der Waals surface area contributed by atoms with Gasteiger partial charge >= 0.3 is 5.97 Å². The van der Waals surface area contributed by atoms with Gasteiger partial charge < -0.3 is 14.5 Å². The van der Waals surface area contributed by atoms with Crippen molar-refractivity contribution < 1.29 is 17.9 Å². The number of carbonyl (C=O) groups is 1. The van der Waals surface area contributed by atoms with Crippen LogP contribution in [0.1, 0.15) is 10.4 Å². The highest BCUT2D eigenvalue weighted by atomic mass is 32.2. The van der Waals surface area contributed by atoms with E-state index in [1.807, 2.05) is 18.2 Å². The molecular weight excluding hydrogens is 544 g/mol. The molecule has 0 spiro atoms. The minimum atomic E-state index is -3.75. The van der Waals surface area contributed by atoms with Gasteiger partial charge in [0.2, 0.25) is 10.0 Å². The molecule has 1 saturated heterocycles. The molecule has 8 nitrogen and oxygen atoms in total. The number of anilines is 2. The van der Waals surface area contributed by atoms with Crippen molar-refractivity contribution in [3.8, 4) is 5.75 Å². The van der Waals surface area contributed by atoms with Crippen LogP contribution in [-0.2, 0) is 10.0 Å². The molecule has 3 aromatic carbocycles. The molecule has 0 amide bonds. The maximum absolute atomic E-state index is 12.9. The van der Waals surface area contributed by atoms with Crippen LogP contribution in [-0.4, -0.2) is 62.9 Å². The summed E-state index contributed by atoms with van der Waals surface area (Å²) in [6.07, 6.45) is 3.03. The number of para-hydroxylation sites is 1. The summed E-state index contributed by atoms with van der Waals surface area (Å²) < 4.78 is 33.6. The minimum Gasteiger partial charge on any atom is -0.423 e. The van der Waals surface area contributed by atoms with E-state index in [0.29, 0.717) is 5.75 Å². The molecule has 0 saturated carbocycles. The van der Waals surface area contributed by atoms with Crippen molar-refractivity contribution in [2.45, 2.75) is 4.90 Å². The van der Waals surface area contributed by atoms with Gasteiger partial charge in [-0.15, -0.1) is 13.2 Å². The number of esters is 1. The van der Waals surface area contributed by atoms with Crippen LogP contribution in [0.25, 0.3) is 10.2 Å². The second kappa shape index (κ2) is 12.0. The third-order valence-corrected chi connectivity index (χ3v) is 9.55. The fourth-order valence-electron chi connectivity index (χ4n) is 4.52. The van der Waals surface area contributed by atoms with E-state index in [4.69, 9.17) is 9.72 Å². The first kappa shape index (κ1) is 27.6. The summed E-state index contributed by atoms with van der Waals surface area (Å²) in [5, 5.41) is 0.949. The van der Waals surface area contributed by atoms with Gasteiger partial charge in [-0.25, -0.2) is 18.2 Å². The van der Waals surface area contributed by atoms with E-state index >= 15 is 0 Å². The Morgan fingerprint density at radius 1 is 0.925 bits per heavy atom. The molecule has 1 aromatic heterocycles. The van der Waals surface area contributed by atoms with Crippen molar-refractivity contribution in [2.75, 3.05) is 49.1 Å². The summed E-state index contributed by atoms with van der Waals surface area (Å²) in [6, 6.07) is 21.5. The quantitative estimate of drug-likeness (QED) is 0.146. The largest absolute Gasteiger partial charge is 0.423 e. The first-order valence-electron chi connectivity index (χ1n) is 12.9. The van der Waals surface area contributed by atoms with Crippen molar-refractivity contribution in [1.82, 2.24) is 9.29 Å². The Hall–Kier alpha value is -3.99. The fraction of sp³-hybridized carbons (Fsp3) is 0.200. The molecule has 0 N–H and O–H groups in total. The topological polar surface area (TPSA) is 83.0 Å². The fourth-order valence-corrected chi connectivity index (χ4v) is 6.95. The van der Waals surface area contributed by atoms with Gasteiger partial charge in [0.25, 0.3) is 0 Å². The number of hydrogen-bond donors (Lipinski definition) is 0. The van der Waals surface area contributed by atoms with Gasteiger partial charge in [0.1, 0.15) is 5.75 Å². The second-order valence-corrected chi connectivity index (χ2v) is 12.2. The maximum Gasteiger partial charge on any atom is 0.343 e. The van der Waals surface area contributed by atoms with Crippen LogP contribution in [0.2, 0.25) is 0 Å². The van der Waals surface area contributed by atoms with E-state index < -0.39 is 16.0 Å². The highest BCUT2D eigenvalue weighted by Crippen LogP contribution is 2.32. The van der Waals surface area contributed by atoms with Gasteiger partial charge in [0.15, 0.2) is 5.13 Å². The van der Waals surface area contributed by atoms with Crippen molar-refractivity contribution in [3.05, 3.63) is 104 Å². The average molecular weight is 575 g/mol. The molecular formula is C30H30N4O4S2. The molecule has 2 heterocycles. The SMILES string of the molecule is C=CCN(CC=C)S(=O)(=O)c1ccc(C(=O)Oc2ccc3nc(N4CCN(c5ccccc5)CC4)sc3c2)cc1. The van der Waals surface area contributed by atoms with Gasteiger partial charge in [-0.05, 0) is 48.5 Å². The zero-order valence-electron chi connectivity index (χ0n) is 22.0. The number of sulfonamides is 1. The molecule has 4 aromatic rings. The number of aromatic nitrogens is 1. The average Bonchev–Trinajstić information content (AvgIpc) is 3.41. The normalized spacial score (nSPS) is 13.9. The number of piperazine rings is 1. The standard InChI is InChI=1S/C30H30N4O4S2/c1-3-16-34(17-4-2)40(36,37)26-13-10-23(11-14-26)29(35)38-25-12-15-27-28(22-25)39-30(31-27)33-20-18-32(19-21-33)24-8-6-5-7-9-24/h3-15,22H,1-2,16-21H2. The number of rotatable bonds is 10. The molecule has 0 aliphatic carbocycles. The predicted octanol–water partition coefficient (Wildman–Crippen LogP) is 5.20. The van der Waals surface area contributed by atoms with Crippen LogP contribution in [0.3, 0.4) is 0 Å². The molecule has 0 atom stereocenters. The summed E-state index contributed by atoms with van der Waals surface area (Å²) in [7, 11) is -3.75. The van der Waals surface area contributed by atoms with E-state index in [9.17, 15) is 13.2 Å². The smallest absolute Gasteiger partial charge is 0.343 e. The lowest BCUT2D eigenvalue weighted by molar-refractivity contribution is 0.0735. The Morgan fingerprint density at radius 2 is 1.57 bits per heavy atom. The molecule has 40 heavy (non-hydrogen) atoms. The third-order valence-electron chi connectivity index (χ3n) is 6.62. The van der Waals surface area contributed by atoms with Crippen molar-refractivity contribution in [1.29, 1.82) is 0 Å². The Balaban J connectivity index is 1.24. The van der Waals surface area contributed by atoms with Crippen LogP contribution in [0.4, 0.5) is 10.8 Å². The summed E-state index contributed by atoms with van der Waals surface area (Å²) >= 11 is 1.57. The van der Waals surface area contributed by atoms with Gasteiger partial charge in [-0.1, -0.05) is 41.7 Å². The van der Waals surface area contributed by atoms with Crippen molar-refractivity contribution in [2.24, 2.45) is 0 Å². The lowest BCUT2D eigenvalue weighted by atomic mass is 10.2. The highest BCUT2D eigenvalue weighted by molar-refractivity contribution is 7.89. The Morgan fingerprint density at radius 3 is 2.23 bits per heavy atom. The van der Waals surface area contributed by atoms with E-state index in [2.05, 4.69) is 47.2 Å². The van der Waals surface area contributed by atoms with E-state index in [1.165, 1.54) is 46.4 Å². The number of fused-ring (bicyclic) bond motifs is 1. The monoisotopic (exact) mass is 574 g/mol. The summed E-state index contributed by atoms with van der Waals surface area (Å²) in [5.41, 5.74) is 2.33. The van der Waals surface area contributed by atoms with Crippen LogP contribution in [0.5, 0.6) is 5.75 Å². The van der Waals surface area contributed by atoms with Gasteiger partial charge in [-0.2, -0.15) is 4.31 Å². The van der Waals surface area contributed by atoms with Crippen molar-refractivity contribution in [3.63, 3.8) is 0 Å². The maximum atomic E-state index is 12.9. The number of nitrogens with zero attached hydrogens (tertiary/aromatic N) is 4. The van der Waals surface area contributed by atoms with Gasteiger partial charge in [-0.3, -0.25) is 0 Å². The number of carbonyl (C=O) groups excluding carboxylic acids is 1. The molecule has 0 bridgehead atoms. The van der Waals surface area contributed by atoms with E-state index in [1.54, 1.807) is 17.4 Å². The van der Waals surface area contributed by atoms with Gasteiger partial charge in [0.05, 0.1) is 20.7 Å². The van der Waals surface area contributed by atoms with Crippen LogP contribution in [0, 0.1) is 0 Å². The minimum absolute atomic E-state index is 0.0796. The van der Waals surface area contributed by atoms with Crippen LogP contribution < -0.4 is 14.5 Å². The van der Waals surface area contributed by atoms with E-state index in [0.717, 1.165) is 41.5 Å². The third kappa shape index (κ3) is 5.94. The van der Waals surface area contributed by atoms with E-state index in [-0.39, 0.29) is 23.5 Å². The Bertz CT molecular complexity index is 1600. The summed E-state index contributed by atoms with van der Waals surface area (Å²) in [4.78, 5) is 22.4. The second-order valence-electron chi connectivity index (χ2n) is 9.25. The number of thiazole rings is 1. The van der Waals surface area contributed by atoms with Crippen LogP contribution >= 0.6 is 11.3 Å². The number of ether oxygens (including phenoxy) is 1. The first-order chi connectivity index (χ1) is 19.4. The van der Waals surface area contributed by atoms with Crippen LogP contribution in [0.15, 0.2) is 103 Å². The summed E-state index contributed by atoms with van der Waals surface area (Å²) in [5.74, 6) is -0.166. The lowest BCUT2D eigenvalue weighted by Gasteiger charge is -2.35. The molecule has 1 aliphatic rings. The Kier molecular flexibility index (Phi) is 8.29. The first-order valence-corrected chi connectivity index (χ1v) is 15.1. The zero-order valence-corrected chi connectivity index (χ0v) is 23.6. The molecule has 1 fully saturated rings. The van der Waals surface area contributed by atoms with Crippen molar-refractivity contribution >= 4 is 48.4 Å². The number of hydrogen-bond acceptors (Lipinski definition) is 8. The summed E-state index contributed by atoms with van der Waals surface area (Å²) in [6.45, 7) is 11.1. The molecule has 0 unspecified atom stereocenters. The Labute approximate surface area is 238 Å². The molecule has 0 radical (unpaired) electrons. The molecule has 10 heteroatoms. The molecule has 1 aliphatic heterocycles. The van der Waals surface area contributed by atoms with Gasteiger partial charge in [0, 0.05) is 51.0 Å². The number of benzene rings is 3. The highest BCUT2D eigenvalue weighted by Gasteiger charge is 2.23. The molecule has 206 valence electrons. The lowest BCUT2D eigenvalue weighted by Crippen LogP contribution is -2.46.